The molecule has 0 aliphatic heterocycles. The van der Waals surface area contributed by atoms with Crippen molar-refractivity contribution in [2.45, 2.75) is 31.6 Å². The lowest BCUT2D eigenvalue weighted by Gasteiger charge is -2.24. The van der Waals surface area contributed by atoms with Crippen LogP contribution in [-0.2, 0) is 9.09 Å². The van der Waals surface area contributed by atoms with E-state index in [0.29, 0.717) is 29.2 Å². The summed E-state index contributed by atoms with van der Waals surface area (Å²) >= 11 is 0. The summed E-state index contributed by atoms with van der Waals surface area (Å²) in [6.07, 6.45) is -0.259. The van der Waals surface area contributed by atoms with Crippen molar-refractivity contribution in [3.63, 3.8) is 0 Å². The van der Waals surface area contributed by atoms with E-state index in [-0.39, 0.29) is 12.5 Å². The minimum Gasteiger partial charge on any atom is -0.390 e. The molecule has 0 bridgehead atoms. The number of fused-ring (bicyclic) bond motifs is 2. The Balaban J connectivity index is 1.71. The first-order valence-electron chi connectivity index (χ1n) is 8.13. The first-order chi connectivity index (χ1) is 12.2. The Morgan fingerprint density at radius 2 is 2.15 bits per heavy atom. The average Bonchev–Trinajstić information content (AvgIpc) is 3.08. The molecule has 2 fully saturated rings. The van der Waals surface area contributed by atoms with Crippen LogP contribution in [0.2, 0.25) is 0 Å². The normalized spacial score (nSPS) is 33.5. The van der Waals surface area contributed by atoms with E-state index < -0.39 is 31.5 Å². The Labute approximate surface area is 148 Å². The van der Waals surface area contributed by atoms with Crippen molar-refractivity contribution in [3.05, 3.63) is 12.2 Å². The van der Waals surface area contributed by atoms with Gasteiger partial charge in [0.1, 0.15) is 17.4 Å². The summed E-state index contributed by atoms with van der Waals surface area (Å²) in [4.78, 5) is 30.9. The Morgan fingerprint density at radius 1 is 1.42 bits per heavy atom. The zero-order valence-corrected chi connectivity index (χ0v) is 15.0. The van der Waals surface area contributed by atoms with Gasteiger partial charge in [0.05, 0.1) is 25.1 Å². The number of hydrogen-bond donors (Lipinski definition) is 5. The van der Waals surface area contributed by atoms with Crippen LogP contribution in [0, 0.1) is 18.3 Å². The number of imidazole rings is 1. The molecule has 2 heterocycles. The van der Waals surface area contributed by atoms with Gasteiger partial charge in [-0.2, -0.15) is 0 Å². The van der Waals surface area contributed by atoms with E-state index in [1.807, 2.05) is 0 Å². The van der Waals surface area contributed by atoms with Gasteiger partial charge >= 0.3 is 7.82 Å². The SMILES string of the molecule is CNc1nc(C)nc2c1ncn2[C@H]1[C@H](O)[C@H](O)[C@]2(COP(=O)(O)O)C[C@H]12. The summed E-state index contributed by atoms with van der Waals surface area (Å²) < 4.78 is 17.3. The van der Waals surface area contributed by atoms with Gasteiger partial charge in [0, 0.05) is 12.5 Å². The van der Waals surface area contributed by atoms with E-state index in [1.54, 1.807) is 24.9 Å². The van der Waals surface area contributed by atoms with Crippen molar-refractivity contribution in [3.8, 4) is 0 Å². The Morgan fingerprint density at radius 3 is 2.81 bits per heavy atom. The summed E-state index contributed by atoms with van der Waals surface area (Å²) in [6.45, 7) is 1.42. The van der Waals surface area contributed by atoms with Crippen LogP contribution in [0.15, 0.2) is 6.33 Å². The molecule has 2 aromatic rings. The Hall–Kier alpha value is -1.62. The van der Waals surface area contributed by atoms with Gasteiger partial charge in [-0.05, 0) is 19.3 Å². The molecule has 5 atom stereocenters. The molecule has 2 aliphatic carbocycles. The predicted octanol–water partition coefficient (Wildman–Crippen LogP) is -0.431. The van der Waals surface area contributed by atoms with Gasteiger partial charge < -0.3 is 29.9 Å². The largest absolute Gasteiger partial charge is 0.469 e. The summed E-state index contributed by atoms with van der Waals surface area (Å²) in [5.74, 6) is 0.888. The molecule has 2 aliphatic rings. The van der Waals surface area contributed by atoms with E-state index in [4.69, 9.17) is 9.79 Å². The third kappa shape index (κ3) is 2.55. The summed E-state index contributed by atoms with van der Waals surface area (Å²) in [5.41, 5.74) is 0.191. The summed E-state index contributed by atoms with van der Waals surface area (Å²) in [5, 5.41) is 24.0. The van der Waals surface area contributed by atoms with Gasteiger partial charge in [0.25, 0.3) is 0 Å². The second-order valence-corrected chi connectivity index (χ2v) is 8.17. The van der Waals surface area contributed by atoms with Crippen LogP contribution in [0.25, 0.3) is 11.2 Å². The molecule has 0 spiro atoms. The number of phosphoric ester groups is 1. The van der Waals surface area contributed by atoms with Crippen LogP contribution in [-0.4, -0.2) is 65.4 Å². The van der Waals surface area contributed by atoms with Crippen LogP contribution >= 0.6 is 7.82 Å². The van der Waals surface area contributed by atoms with Gasteiger partial charge in [-0.25, -0.2) is 19.5 Å². The van der Waals surface area contributed by atoms with Gasteiger partial charge in [-0.1, -0.05) is 0 Å². The highest BCUT2D eigenvalue weighted by Crippen LogP contribution is 2.68. The van der Waals surface area contributed by atoms with Gasteiger partial charge in [0.15, 0.2) is 11.5 Å². The van der Waals surface area contributed by atoms with Crippen molar-refractivity contribution in [1.82, 2.24) is 19.5 Å². The molecule has 4 rings (SSSR count). The molecule has 0 saturated heterocycles. The molecule has 0 unspecified atom stereocenters. The summed E-state index contributed by atoms with van der Waals surface area (Å²) in [7, 11) is -2.94. The van der Waals surface area contributed by atoms with E-state index >= 15 is 0 Å². The third-order valence-corrected chi connectivity index (χ3v) is 5.91. The number of aryl methyl sites for hydroxylation is 1. The van der Waals surface area contributed by atoms with Crippen LogP contribution in [0.5, 0.6) is 0 Å². The first kappa shape index (κ1) is 17.8. The highest BCUT2D eigenvalue weighted by atomic mass is 31.2. The number of aliphatic hydroxyl groups is 2. The highest BCUT2D eigenvalue weighted by molar-refractivity contribution is 7.46. The van der Waals surface area contributed by atoms with E-state index in [2.05, 4.69) is 24.8 Å². The molecular weight excluding hydrogens is 365 g/mol. The molecule has 2 saturated carbocycles. The number of nitrogens with one attached hydrogen (secondary N) is 1. The maximum Gasteiger partial charge on any atom is 0.469 e. The van der Waals surface area contributed by atoms with E-state index in [9.17, 15) is 14.8 Å². The molecule has 26 heavy (non-hydrogen) atoms. The molecule has 5 N–H and O–H groups in total. The molecule has 11 nitrogen and oxygen atoms in total. The van der Waals surface area contributed by atoms with E-state index in [0.717, 1.165) is 0 Å². The lowest BCUT2D eigenvalue weighted by Crippen LogP contribution is -2.35. The van der Waals surface area contributed by atoms with Crippen LogP contribution in [0.3, 0.4) is 0 Å². The second kappa shape index (κ2) is 5.69. The lowest BCUT2D eigenvalue weighted by atomic mass is 10.0. The number of aromatic nitrogens is 4. The first-order valence-corrected chi connectivity index (χ1v) is 9.66. The molecule has 142 valence electrons. The zero-order chi connectivity index (χ0) is 18.9. The number of anilines is 1. The van der Waals surface area contributed by atoms with Crippen LogP contribution in [0.1, 0.15) is 18.3 Å². The second-order valence-electron chi connectivity index (χ2n) is 6.93. The van der Waals surface area contributed by atoms with Crippen LogP contribution in [0.4, 0.5) is 5.82 Å². The molecule has 0 amide bonds. The molecule has 0 radical (unpaired) electrons. The van der Waals surface area contributed by atoms with Crippen molar-refractivity contribution in [1.29, 1.82) is 0 Å². The predicted molar refractivity (Wildman–Crippen MR) is 89.2 cm³/mol. The van der Waals surface area contributed by atoms with Crippen LogP contribution < -0.4 is 5.32 Å². The maximum absolute atomic E-state index is 11.0. The fourth-order valence-corrected chi connectivity index (χ4v) is 4.56. The number of nitrogens with zero attached hydrogens (tertiary/aromatic N) is 4. The molecule has 0 aromatic carbocycles. The number of rotatable bonds is 5. The van der Waals surface area contributed by atoms with E-state index in [1.165, 1.54) is 0 Å². The monoisotopic (exact) mass is 385 g/mol. The lowest BCUT2D eigenvalue weighted by molar-refractivity contribution is -0.0297. The van der Waals surface area contributed by atoms with Gasteiger partial charge in [0.2, 0.25) is 0 Å². The Kier molecular flexibility index (Phi) is 3.89. The standard InChI is InChI=1S/C14H20N5O6P/c1-6-17-12(15-2)8-13(18-6)19(5-16-8)9-7-3-14(7,11(21)10(9)20)4-25-26(22,23)24/h5,7,9-11,20-21H,3-4H2,1-2H3,(H,15,17,18)(H2,22,23,24)/t7-,9-,10+,11+,14+/m1/s1. The van der Waals surface area contributed by atoms with Gasteiger partial charge in [-0.15, -0.1) is 0 Å². The number of hydrogen-bond acceptors (Lipinski definition) is 8. The fourth-order valence-electron chi connectivity index (χ4n) is 4.15. The number of phosphoric acid groups is 1. The highest BCUT2D eigenvalue weighted by Gasteiger charge is 2.72. The quantitative estimate of drug-likeness (QED) is 0.427. The zero-order valence-electron chi connectivity index (χ0n) is 14.1. The Bertz CT molecular complexity index is 915. The molecule has 12 heteroatoms. The molecule has 2 aromatic heterocycles. The minimum absolute atomic E-state index is 0.204. The van der Waals surface area contributed by atoms with Gasteiger partial charge in [-0.3, -0.25) is 4.52 Å². The smallest absolute Gasteiger partial charge is 0.390 e. The third-order valence-electron chi connectivity index (χ3n) is 5.45. The summed E-state index contributed by atoms with van der Waals surface area (Å²) in [6, 6.07) is -0.519. The topological polar surface area (TPSA) is 163 Å². The van der Waals surface area contributed by atoms with Crippen molar-refractivity contribution in [2.75, 3.05) is 19.0 Å². The minimum atomic E-state index is -4.66. The van der Waals surface area contributed by atoms with Crippen molar-refractivity contribution >= 4 is 24.8 Å². The molecular formula is C14H20N5O6P. The van der Waals surface area contributed by atoms with Crippen molar-refractivity contribution < 1.29 is 29.1 Å². The maximum atomic E-state index is 11.0. The number of aliphatic hydroxyl groups excluding tert-OH is 2. The average molecular weight is 385 g/mol. The fraction of sp³-hybridized carbons (Fsp3) is 0.643. The van der Waals surface area contributed by atoms with Crippen molar-refractivity contribution in [2.24, 2.45) is 11.3 Å².